The van der Waals surface area contributed by atoms with E-state index < -0.39 is 6.10 Å². The van der Waals surface area contributed by atoms with Gasteiger partial charge in [0.2, 0.25) is 0 Å². The highest BCUT2D eigenvalue weighted by Crippen LogP contribution is 2.57. The van der Waals surface area contributed by atoms with Gasteiger partial charge < -0.3 is 5.11 Å². The van der Waals surface area contributed by atoms with Gasteiger partial charge in [0.25, 0.3) is 0 Å². The maximum Gasteiger partial charge on any atom is 0.164 e. The molecule has 0 radical (unpaired) electrons. The van der Waals surface area contributed by atoms with Crippen molar-refractivity contribution < 1.29 is 9.90 Å². The van der Waals surface area contributed by atoms with Gasteiger partial charge in [-0.05, 0) is 24.2 Å². The summed E-state index contributed by atoms with van der Waals surface area (Å²) in [5, 5.41) is 9.26. The first kappa shape index (κ1) is 7.29. The molecule has 3 rings (SSSR count). The zero-order valence-corrected chi connectivity index (χ0v) is 7.00. The van der Waals surface area contributed by atoms with Gasteiger partial charge in [0, 0.05) is 5.92 Å². The number of carbonyl (C=O) groups is 1. The van der Waals surface area contributed by atoms with Crippen LogP contribution in [0.25, 0.3) is 0 Å². The van der Waals surface area contributed by atoms with Crippen molar-refractivity contribution in [1.29, 1.82) is 0 Å². The second-order valence-electron chi connectivity index (χ2n) is 4.46. The molecule has 0 amide bonds. The number of hydrogen-bond acceptors (Lipinski definition) is 2. The van der Waals surface area contributed by atoms with Crippen molar-refractivity contribution in [2.24, 2.45) is 17.3 Å². The molecule has 2 heteroatoms. The minimum absolute atomic E-state index is 0.0810. The van der Waals surface area contributed by atoms with Crippen LogP contribution in [0, 0.1) is 17.3 Å². The van der Waals surface area contributed by atoms with Crippen molar-refractivity contribution in [2.75, 3.05) is 0 Å². The number of Topliss-reactive ketones (excluding diaryl/α,β-unsaturated/α-hetero) is 1. The lowest BCUT2D eigenvalue weighted by molar-refractivity contribution is -0.164. The molecule has 62 valence electrons. The molecular formula is C9H14O2. The molecule has 0 aliphatic heterocycles. The summed E-state index contributed by atoms with van der Waals surface area (Å²) in [5.74, 6) is 0.814. The third kappa shape index (κ3) is 0.734. The summed E-state index contributed by atoms with van der Waals surface area (Å²) in [6.45, 7) is 4.27. The zero-order chi connectivity index (χ0) is 8.22. The third-order valence-electron chi connectivity index (χ3n) is 3.65. The van der Waals surface area contributed by atoms with Crippen LogP contribution in [0.3, 0.4) is 0 Å². The third-order valence-corrected chi connectivity index (χ3v) is 3.65. The van der Waals surface area contributed by atoms with E-state index >= 15 is 0 Å². The normalized spacial score (nSPS) is 46.8. The number of carbonyl (C=O) groups excluding carboxylic acids is 1. The van der Waals surface area contributed by atoms with Crippen molar-refractivity contribution in [3.63, 3.8) is 0 Å². The lowest BCUT2D eigenvalue weighted by Gasteiger charge is -2.56. The zero-order valence-electron chi connectivity index (χ0n) is 7.00. The highest BCUT2D eigenvalue weighted by atomic mass is 16.3. The van der Waals surface area contributed by atoms with E-state index in [9.17, 15) is 9.90 Å². The van der Waals surface area contributed by atoms with Gasteiger partial charge in [-0.25, -0.2) is 0 Å². The molecule has 3 atom stereocenters. The van der Waals surface area contributed by atoms with E-state index in [4.69, 9.17) is 0 Å². The minimum atomic E-state index is -0.647. The Labute approximate surface area is 66.6 Å². The van der Waals surface area contributed by atoms with Crippen LogP contribution in [-0.2, 0) is 4.79 Å². The van der Waals surface area contributed by atoms with Crippen LogP contribution < -0.4 is 0 Å². The number of aliphatic hydroxyl groups is 1. The van der Waals surface area contributed by atoms with Gasteiger partial charge in [-0.1, -0.05) is 13.8 Å². The smallest absolute Gasteiger partial charge is 0.164 e. The number of hydrogen-bond donors (Lipinski definition) is 1. The molecular weight excluding hydrogens is 140 g/mol. The maximum absolute atomic E-state index is 11.3. The molecule has 0 heterocycles. The molecule has 1 N–H and O–H groups in total. The topological polar surface area (TPSA) is 37.3 Å². The van der Waals surface area contributed by atoms with Gasteiger partial charge in [-0.2, -0.15) is 0 Å². The first-order valence-electron chi connectivity index (χ1n) is 4.25. The summed E-state index contributed by atoms with van der Waals surface area (Å²) in [5.41, 5.74) is 0.177. The maximum atomic E-state index is 11.3. The molecule has 3 aliphatic carbocycles. The molecule has 3 unspecified atom stereocenters. The first-order valence-corrected chi connectivity index (χ1v) is 4.25. The molecule has 0 aromatic rings. The Morgan fingerprint density at radius 2 is 2.09 bits per heavy atom. The summed E-state index contributed by atoms with van der Waals surface area (Å²) >= 11 is 0. The van der Waals surface area contributed by atoms with Crippen LogP contribution in [0.5, 0.6) is 0 Å². The van der Waals surface area contributed by atoms with Crippen molar-refractivity contribution in [3.8, 4) is 0 Å². The molecule has 3 aliphatic rings. The van der Waals surface area contributed by atoms with E-state index in [1.165, 1.54) is 0 Å². The van der Waals surface area contributed by atoms with Gasteiger partial charge in [-0.3, -0.25) is 4.79 Å². The Bertz CT molecular complexity index is 208. The quantitative estimate of drug-likeness (QED) is 0.564. The van der Waals surface area contributed by atoms with Gasteiger partial charge in [0.05, 0.1) is 0 Å². The van der Waals surface area contributed by atoms with Crippen LogP contribution in [-0.4, -0.2) is 17.0 Å². The Morgan fingerprint density at radius 3 is 2.45 bits per heavy atom. The van der Waals surface area contributed by atoms with E-state index in [0.717, 1.165) is 6.42 Å². The van der Waals surface area contributed by atoms with E-state index in [-0.39, 0.29) is 17.1 Å². The fraction of sp³-hybridized carbons (Fsp3) is 0.889. The minimum Gasteiger partial charge on any atom is -0.385 e. The van der Waals surface area contributed by atoms with Crippen molar-refractivity contribution in [1.82, 2.24) is 0 Å². The highest BCUT2D eigenvalue weighted by Gasteiger charge is 2.57. The fourth-order valence-corrected chi connectivity index (χ4v) is 2.52. The van der Waals surface area contributed by atoms with Crippen LogP contribution in [0.15, 0.2) is 0 Å². The predicted octanol–water partition coefficient (Wildman–Crippen LogP) is 0.982. The Balaban J connectivity index is 2.23. The molecule has 0 spiro atoms. The van der Waals surface area contributed by atoms with Crippen LogP contribution in [0.4, 0.5) is 0 Å². The number of rotatable bonds is 0. The molecule has 0 aromatic heterocycles. The van der Waals surface area contributed by atoms with Crippen molar-refractivity contribution >= 4 is 5.78 Å². The number of fused-ring (bicyclic) bond motifs is 2. The summed E-state index contributed by atoms with van der Waals surface area (Å²) in [6, 6.07) is 0. The molecule has 11 heavy (non-hydrogen) atoms. The fourth-order valence-electron chi connectivity index (χ4n) is 2.52. The van der Waals surface area contributed by atoms with Crippen molar-refractivity contribution in [2.45, 2.75) is 32.8 Å². The van der Waals surface area contributed by atoms with Gasteiger partial charge in [0.1, 0.15) is 6.10 Å². The monoisotopic (exact) mass is 154 g/mol. The number of ketones is 1. The lowest BCUT2D eigenvalue weighted by atomic mass is 9.48. The molecule has 0 saturated heterocycles. The standard InChI is InChI=1S/C9H14O2/c1-9(2)5-3-6(9)8(11)7(10)4-5/h5-7,10H,3-4H2,1-2H3. The molecule has 0 aromatic carbocycles. The highest BCUT2D eigenvalue weighted by molar-refractivity contribution is 5.88. The second-order valence-corrected chi connectivity index (χ2v) is 4.46. The predicted molar refractivity (Wildman–Crippen MR) is 41.0 cm³/mol. The van der Waals surface area contributed by atoms with E-state index in [1.807, 2.05) is 0 Å². The second kappa shape index (κ2) is 1.86. The summed E-state index contributed by atoms with van der Waals surface area (Å²) in [4.78, 5) is 11.3. The Morgan fingerprint density at radius 1 is 1.45 bits per heavy atom. The van der Waals surface area contributed by atoms with Crippen LogP contribution in [0.1, 0.15) is 26.7 Å². The largest absolute Gasteiger partial charge is 0.385 e. The Hall–Kier alpha value is -0.370. The van der Waals surface area contributed by atoms with Gasteiger partial charge in [0.15, 0.2) is 5.78 Å². The molecule has 3 fully saturated rings. The van der Waals surface area contributed by atoms with Gasteiger partial charge >= 0.3 is 0 Å². The van der Waals surface area contributed by atoms with Gasteiger partial charge in [-0.15, -0.1) is 0 Å². The SMILES string of the molecule is CC1(C)C2CC(O)C(=O)C1C2. The average molecular weight is 154 g/mol. The first-order chi connectivity index (χ1) is 5.03. The number of aliphatic hydroxyl groups excluding tert-OH is 1. The summed E-state index contributed by atoms with van der Waals surface area (Å²) < 4.78 is 0. The lowest BCUT2D eigenvalue weighted by Crippen LogP contribution is -2.58. The van der Waals surface area contributed by atoms with E-state index in [1.54, 1.807) is 0 Å². The molecule has 2 bridgehead atoms. The molecule has 3 saturated carbocycles. The summed E-state index contributed by atoms with van der Waals surface area (Å²) in [6.07, 6.45) is 1.07. The molecule has 2 nitrogen and oxygen atoms in total. The van der Waals surface area contributed by atoms with E-state index in [0.29, 0.717) is 12.3 Å². The van der Waals surface area contributed by atoms with Crippen LogP contribution in [0.2, 0.25) is 0 Å². The van der Waals surface area contributed by atoms with Crippen molar-refractivity contribution in [3.05, 3.63) is 0 Å². The van der Waals surface area contributed by atoms with E-state index in [2.05, 4.69) is 13.8 Å². The summed E-state index contributed by atoms with van der Waals surface area (Å²) in [7, 11) is 0. The average Bonchev–Trinajstić information content (AvgIpc) is 1.93. The Kier molecular flexibility index (Phi) is 1.23. The van der Waals surface area contributed by atoms with Crippen LogP contribution >= 0.6 is 0 Å².